The smallest absolute Gasteiger partial charge is 0.230 e. The van der Waals surface area contributed by atoms with Gasteiger partial charge in [0.1, 0.15) is 0 Å². The summed E-state index contributed by atoms with van der Waals surface area (Å²) < 4.78 is 0. The van der Waals surface area contributed by atoms with Crippen LogP contribution in [0.1, 0.15) is 44.1 Å². The van der Waals surface area contributed by atoms with E-state index in [1.54, 1.807) is 0 Å². The van der Waals surface area contributed by atoms with Crippen molar-refractivity contribution in [2.24, 2.45) is 0 Å². The molecule has 2 saturated heterocycles. The van der Waals surface area contributed by atoms with Crippen LogP contribution in [0.5, 0.6) is 0 Å². The molecule has 0 bridgehead atoms. The lowest BCUT2D eigenvalue weighted by molar-refractivity contribution is -0.135. The number of carbonyl (C=O) groups is 1. The van der Waals surface area contributed by atoms with Gasteiger partial charge in [-0.3, -0.25) is 4.79 Å². The quantitative estimate of drug-likeness (QED) is 0.814. The van der Waals surface area contributed by atoms with E-state index in [1.807, 2.05) is 30.0 Å². The number of benzene rings is 1. The van der Waals surface area contributed by atoms with Crippen molar-refractivity contribution in [3.63, 3.8) is 0 Å². The Hall–Kier alpha value is -1.00. The van der Waals surface area contributed by atoms with E-state index in [0.29, 0.717) is 11.9 Å². The van der Waals surface area contributed by atoms with Gasteiger partial charge in [-0.05, 0) is 50.1 Å². The number of hydrogen-bond acceptors (Lipinski definition) is 3. The highest BCUT2D eigenvalue weighted by Crippen LogP contribution is 2.26. The number of carbonyl (C=O) groups excluding carboxylic acids is 1. The molecule has 24 heavy (non-hydrogen) atoms. The van der Waals surface area contributed by atoms with Gasteiger partial charge in [-0.25, -0.2) is 0 Å². The molecule has 2 heterocycles. The summed E-state index contributed by atoms with van der Waals surface area (Å²) in [7, 11) is 0. The van der Waals surface area contributed by atoms with Crippen LogP contribution in [0.25, 0.3) is 0 Å². The van der Waals surface area contributed by atoms with Crippen LogP contribution in [-0.2, 0) is 4.79 Å². The van der Waals surface area contributed by atoms with Gasteiger partial charge in [0, 0.05) is 18.8 Å². The fraction of sp³-hybridized carbons (Fsp3) is 0.650. The van der Waals surface area contributed by atoms with Crippen LogP contribution in [0.15, 0.2) is 30.3 Å². The third-order valence-corrected chi connectivity index (χ3v) is 6.50. The minimum absolute atomic E-state index is 0.00961. The van der Waals surface area contributed by atoms with E-state index >= 15 is 0 Å². The van der Waals surface area contributed by atoms with Crippen molar-refractivity contribution in [1.29, 1.82) is 0 Å². The second kappa shape index (κ2) is 8.91. The zero-order valence-corrected chi connectivity index (χ0v) is 15.6. The number of rotatable bonds is 5. The van der Waals surface area contributed by atoms with Gasteiger partial charge in [0.2, 0.25) is 5.91 Å². The maximum atomic E-state index is 13.4. The monoisotopic (exact) mass is 346 g/mol. The number of likely N-dealkylation sites (tertiary alicyclic amines) is 1. The van der Waals surface area contributed by atoms with Crippen LogP contribution < -0.4 is 0 Å². The molecule has 2 aliphatic rings. The van der Waals surface area contributed by atoms with Gasteiger partial charge in [0.25, 0.3) is 0 Å². The predicted octanol–water partition coefficient (Wildman–Crippen LogP) is 3.61. The number of hydrogen-bond donors (Lipinski definition) is 0. The van der Waals surface area contributed by atoms with Crippen molar-refractivity contribution in [3.8, 4) is 0 Å². The molecule has 0 spiro atoms. The average molecular weight is 347 g/mol. The number of thioether (sulfide) groups is 1. The van der Waals surface area contributed by atoms with Crippen LogP contribution in [0.2, 0.25) is 0 Å². The standard InChI is InChI=1S/C20H30N2OS/c1-2-19(17-9-4-3-5-10-17)20(23)22-13-8-14-24-16-18(22)15-21-11-6-7-12-21/h3-5,9-10,18-19H,2,6-8,11-16H2,1H3. The first-order chi connectivity index (χ1) is 11.8. The van der Waals surface area contributed by atoms with E-state index in [-0.39, 0.29) is 5.92 Å². The van der Waals surface area contributed by atoms with E-state index in [1.165, 1.54) is 37.2 Å². The molecule has 3 rings (SSSR count). The summed E-state index contributed by atoms with van der Waals surface area (Å²) in [5, 5.41) is 0. The van der Waals surface area contributed by atoms with Crippen LogP contribution >= 0.6 is 11.8 Å². The first-order valence-corrected chi connectivity index (χ1v) is 10.6. The Labute approximate surface area is 150 Å². The summed E-state index contributed by atoms with van der Waals surface area (Å²) in [4.78, 5) is 18.1. The number of nitrogens with zero attached hydrogens (tertiary/aromatic N) is 2. The van der Waals surface area contributed by atoms with Crippen molar-refractivity contribution in [3.05, 3.63) is 35.9 Å². The maximum absolute atomic E-state index is 13.4. The fourth-order valence-electron chi connectivity index (χ4n) is 3.97. The second-order valence-corrected chi connectivity index (χ2v) is 8.14. The molecule has 0 saturated carbocycles. The summed E-state index contributed by atoms with van der Waals surface area (Å²) in [5.41, 5.74) is 1.17. The Bertz CT molecular complexity index is 516. The molecular weight excluding hydrogens is 316 g/mol. The van der Waals surface area contributed by atoms with Crippen LogP contribution in [-0.4, -0.2) is 59.4 Å². The molecule has 2 unspecified atom stereocenters. The average Bonchev–Trinajstić information content (AvgIpc) is 3.01. The zero-order valence-electron chi connectivity index (χ0n) is 14.8. The molecular formula is C20H30N2OS. The highest BCUT2D eigenvalue weighted by Gasteiger charge is 2.32. The maximum Gasteiger partial charge on any atom is 0.230 e. The third kappa shape index (κ3) is 4.34. The Morgan fingerprint density at radius 1 is 1.17 bits per heavy atom. The SMILES string of the molecule is CCC(C(=O)N1CCCSCC1CN1CCCC1)c1ccccc1. The Morgan fingerprint density at radius 2 is 1.92 bits per heavy atom. The molecule has 0 aliphatic carbocycles. The van der Waals surface area contributed by atoms with E-state index in [9.17, 15) is 4.79 Å². The second-order valence-electron chi connectivity index (χ2n) is 6.99. The van der Waals surface area contributed by atoms with Crippen molar-refractivity contribution in [2.75, 3.05) is 37.7 Å². The lowest BCUT2D eigenvalue weighted by Crippen LogP contribution is -2.49. The van der Waals surface area contributed by atoms with Crippen LogP contribution in [0, 0.1) is 0 Å². The van der Waals surface area contributed by atoms with Gasteiger partial charge < -0.3 is 9.80 Å². The van der Waals surface area contributed by atoms with Gasteiger partial charge >= 0.3 is 0 Å². The van der Waals surface area contributed by atoms with Gasteiger partial charge in [-0.15, -0.1) is 0 Å². The summed E-state index contributed by atoms with van der Waals surface area (Å²) in [6.07, 6.45) is 4.63. The van der Waals surface area contributed by atoms with Crippen molar-refractivity contribution in [2.45, 2.75) is 44.6 Å². The molecule has 2 fully saturated rings. The summed E-state index contributed by atoms with van der Waals surface area (Å²) in [6.45, 7) is 6.54. The normalized spacial score (nSPS) is 23.9. The van der Waals surface area contributed by atoms with E-state index in [0.717, 1.165) is 31.7 Å². The molecule has 2 aliphatic heterocycles. The molecule has 1 amide bonds. The van der Waals surface area contributed by atoms with Gasteiger partial charge in [-0.2, -0.15) is 11.8 Å². The van der Waals surface area contributed by atoms with Crippen molar-refractivity contribution < 1.29 is 4.79 Å². The van der Waals surface area contributed by atoms with E-state index in [2.05, 4.69) is 28.9 Å². The van der Waals surface area contributed by atoms with Crippen molar-refractivity contribution >= 4 is 17.7 Å². The molecule has 1 aromatic rings. The first kappa shape index (κ1) is 17.8. The molecule has 0 N–H and O–H groups in total. The molecule has 0 aromatic heterocycles. The van der Waals surface area contributed by atoms with Gasteiger partial charge in [0.05, 0.1) is 12.0 Å². The van der Waals surface area contributed by atoms with Gasteiger partial charge in [0.15, 0.2) is 0 Å². The lowest BCUT2D eigenvalue weighted by atomic mass is 9.94. The zero-order chi connectivity index (χ0) is 16.8. The molecule has 132 valence electrons. The summed E-state index contributed by atoms with van der Waals surface area (Å²) in [5.74, 6) is 2.63. The van der Waals surface area contributed by atoms with Crippen LogP contribution in [0.4, 0.5) is 0 Å². The number of amides is 1. The fourth-order valence-corrected chi connectivity index (χ4v) is 5.03. The minimum Gasteiger partial charge on any atom is -0.337 e. The predicted molar refractivity (Wildman–Crippen MR) is 103 cm³/mol. The highest BCUT2D eigenvalue weighted by atomic mass is 32.2. The molecule has 2 atom stereocenters. The summed E-state index contributed by atoms with van der Waals surface area (Å²) >= 11 is 2.02. The van der Waals surface area contributed by atoms with E-state index < -0.39 is 0 Å². The lowest BCUT2D eigenvalue weighted by Gasteiger charge is -2.35. The molecule has 1 aromatic carbocycles. The largest absolute Gasteiger partial charge is 0.337 e. The molecule has 3 nitrogen and oxygen atoms in total. The van der Waals surface area contributed by atoms with Crippen molar-refractivity contribution in [1.82, 2.24) is 9.80 Å². The molecule has 0 radical (unpaired) electrons. The topological polar surface area (TPSA) is 23.6 Å². The first-order valence-electron chi connectivity index (χ1n) is 9.45. The van der Waals surface area contributed by atoms with E-state index in [4.69, 9.17) is 0 Å². The third-order valence-electron chi connectivity index (χ3n) is 5.30. The van der Waals surface area contributed by atoms with Gasteiger partial charge in [-0.1, -0.05) is 37.3 Å². The van der Waals surface area contributed by atoms with Crippen LogP contribution in [0.3, 0.4) is 0 Å². The molecule has 4 heteroatoms. The minimum atomic E-state index is 0.00961. The highest BCUT2D eigenvalue weighted by molar-refractivity contribution is 7.99. The Morgan fingerprint density at radius 3 is 2.62 bits per heavy atom. The Balaban J connectivity index is 1.75. The summed E-state index contributed by atoms with van der Waals surface area (Å²) in [6, 6.07) is 10.7. The Kier molecular flexibility index (Phi) is 6.61.